The summed E-state index contributed by atoms with van der Waals surface area (Å²) in [6.07, 6.45) is 10.7. The topological polar surface area (TPSA) is 25.8 Å². The molecule has 156 valence electrons. The molecule has 0 aliphatic carbocycles. The molecule has 0 radical (unpaired) electrons. The molecule has 0 N–H and O–H groups in total. The van der Waals surface area contributed by atoms with E-state index in [1.165, 1.54) is 79.9 Å². The van der Waals surface area contributed by atoms with Gasteiger partial charge in [-0.25, -0.2) is 9.37 Å². The maximum Gasteiger partial charge on any atom is 0.127 e. The molecule has 6 heteroatoms. The molecule has 0 bridgehead atoms. The molecular formula is C22H33BrF2N2Sn. The van der Waals surface area contributed by atoms with Crippen LogP contribution in [0.25, 0.3) is 0 Å². The van der Waals surface area contributed by atoms with E-state index in [0.29, 0.717) is 4.60 Å². The number of aromatic nitrogens is 2. The molecule has 28 heavy (non-hydrogen) atoms. The zero-order valence-corrected chi connectivity index (χ0v) is 21.8. The molecule has 0 unspecified atom stereocenters. The van der Waals surface area contributed by atoms with Crippen molar-refractivity contribution in [1.29, 1.82) is 0 Å². The zero-order valence-electron chi connectivity index (χ0n) is 17.4. The van der Waals surface area contributed by atoms with Crippen LogP contribution in [0.2, 0.25) is 13.3 Å². The predicted octanol–water partition coefficient (Wildman–Crippen LogP) is 7.26. The molecule has 0 fully saturated rings. The maximum absolute atomic E-state index is 13.7. The number of halogens is 3. The normalized spacial score (nSPS) is 11.1. The van der Waals surface area contributed by atoms with Crippen LogP contribution in [0.4, 0.5) is 8.78 Å². The van der Waals surface area contributed by atoms with E-state index in [4.69, 9.17) is 0 Å². The minimum Gasteiger partial charge on any atom is -0.249 e. The van der Waals surface area contributed by atoms with Gasteiger partial charge in [0.25, 0.3) is 0 Å². The van der Waals surface area contributed by atoms with Crippen LogP contribution < -0.4 is 3.71 Å². The first-order chi connectivity index (χ1) is 13.5. The number of pyridine rings is 2. The van der Waals surface area contributed by atoms with E-state index < -0.39 is 18.4 Å². The Morgan fingerprint density at radius 2 is 1.25 bits per heavy atom. The summed E-state index contributed by atoms with van der Waals surface area (Å²) in [6.45, 7) is 6.78. The third kappa shape index (κ3) is 9.29. The predicted molar refractivity (Wildman–Crippen MR) is 121 cm³/mol. The van der Waals surface area contributed by atoms with Crippen LogP contribution in [0, 0.1) is 11.6 Å². The van der Waals surface area contributed by atoms with Gasteiger partial charge in [0.1, 0.15) is 10.4 Å². The smallest absolute Gasteiger partial charge is 0.127 e. The van der Waals surface area contributed by atoms with Gasteiger partial charge in [-0.3, -0.25) is 0 Å². The second-order valence-corrected chi connectivity index (χ2v) is 21.1. The van der Waals surface area contributed by atoms with Gasteiger partial charge in [-0.1, -0.05) is 0 Å². The van der Waals surface area contributed by atoms with Gasteiger partial charge in [-0.15, -0.1) is 0 Å². The van der Waals surface area contributed by atoms with Gasteiger partial charge >= 0.3 is 128 Å². The summed E-state index contributed by atoms with van der Waals surface area (Å²) in [6, 6.07) is 5.85. The molecule has 2 aromatic heterocycles. The standard InChI is InChI=1S/C5H3BrFN.C5H3FN.3C4H9.Sn/c6-5-3-4(7)1-2-8-5;6-5-1-3-7-4-2-5;3*1-3-4-2;/h1-3H;1-3H;3*1,3-4H2,2H3;. The molecule has 0 saturated heterocycles. The summed E-state index contributed by atoms with van der Waals surface area (Å²) in [7, 11) is 0. The third-order valence-electron chi connectivity index (χ3n) is 4.98. The Bertz CT molecular complexity index is 646. The second kappa shape index (κ2) is 14.4. The molecule has 2 aromatic rings. The summed E-state index contributed by atoms with van der Waals surface area (Å²) < 4.78 is 31.5. The Morgan fingerprint density at radius 3 is 1.61 bits per heavy atom. The Labute approximate surface area is 181 Å². The Balaban J connectivity index is 0.000000406. The molecule has 0 atom stereocenters. The van der Waals surface area contributed by atoms with Gasteiger partial charge < -0.3 is 0 Å². The number of hydrogen-bond donors (Lipinski definition) is 0. The van der Waals surface area contributed by atoms with Crippen molar-refractivity contribution in [3.05, 3.63) is 52.9 Å². The van der Waals surface area contributed by atoms with Crippen LogP contribution in [0.15, 0.2) is 41.3 Å². The van der Waals surface area contributed by atoms with Crippen LogP contribution in [-0.4, -0.2) is 28.3 Å². The second-order valence-electron chi connectivity index (χ2n) is 7.25. The minimum absolute atomic E-state index is 0.0967. The molecule has 0 saturated carbocycles. The average Bonchev–Trinajstić information content (AvgIpc) is 2.68. The molecule has 0 spiro atoms. The van der Waals surface area contributed by atoms with Gasteiger partial charge in [-0.05, 0) is 22.0 Å². The van der Waals surface area contributed by atoms with Crippen molar-refractivity contribution in [1.82, 2.24) is 9.97 Å². The minimum atomic E-state index is -2.49. The van der Waals surface area contributed by atoms with Crippen molar-refractivity contribution in [2.75, 3.05) is 0 Å². The van der Waals surface area contributed by atoms with Crippen LogP contribution >= 0.6 is 15.9 Å². The van der Waals surface area contributed by atoms with Crippen molar-refractivity contribution >= 4 is 38.0 Å². The maximum atomic E-state index is 13.7. The van der Waals surface area contributed by atoms with Crippen LogP contribution in [0.3, 0.4) is 0 Å². The largest absolute Gasteiger partial charge is 0.249 e. The van der Waals surface area contributed by atoms with E-state index in [9.17, 15) is 8.78 Å². The Hall–Kier alpha value is -0.561. The number of nitrogens with zero attached hydrogens (tertiary/aromatic N) is 2. The summed E-state index contributed by atoms with van der Waals surface area (Å²) in [5, 5.41) is 0. The first kappa shape index (κ1) is 25.5. The molecule has 0 amide bonds. The fraction of sp³-hybridized carbons (Fsp3) is 0.545. The monoisotopic (exact) mass is 562 g/mol. The quantitative estimate of drug-likeness (QED) is 0.225. The van der Waals surface area contributed by atoms with Crippen molar-refractivity contribution in [2.24, 2.45) is 0 Å². The van der Waals surface area contributed by atoms with Gasteiger partial charge in [-0.2, -0.15) is 0 Å². The van der Waals surface area contributed by atoms with E-state index in [2.05, 4.69) is 46.7 Å². The zero-order chi connectivity index (χ0) is 20.8. The van der Waals surface area contributed by atoms with Crippen molar-refractivity contribution < 1.29 is 8.78 Å². The van der Waals surface area contributed by atoms with Crippen molar-refractivity contribution in [3.8, 4) is 0 Å². The Kier molecular flexibility index (Phi) is 13.1. The first-order valence-electron chi connectivity index (χ1n) is 10.4. The average molecular weight is 562 g/mol. The SMILES string of the molecule is CCC[CH2][Sn]([CH2]CCC)([CH2]CCC)[c]1cc(F)ccn1.Fc1ccnc(Br)c1. The fourth-order valence-corrected chi connectivity index (χ4v) is 19.1. The summed E-state index contributed by atoms with van der Waals surface area (Å²) in [5.41, 5.74) is 0. The molecule has 2 heterocycles. The summed E-state index contributed by atoms with van der Waals surface area (Å²) in [5.74, 6) is -0.368. The van der Waals surface area contributed by atoms with Gasteiger partial charge in [0.05, 0.1) is 0 Å². The molecule has 0 aliphatic rings. The fourth-order valence-electron chi connectivity index (χ4n) is 3.38. The number of unbranched alkanes of at least 4 members (excludes halogenated alkanes) is 3. The molecule has 0 aromatic carbocycles. The van der Waals surface area contributed by atoms with Crippen LogP contribution in [-0.2, 0) is 0 Å². The van der Waals surface area contributed by atoms with Crippen molar-refractivity contribution in [2.45, 2.75) is 72.6 Å². The number of hydrogen-bond acceptors (Lipinski definition) is 2. The van der Waals surface area contributed by atoms with E-state index in [-0.39, 0.29) is 11.6 Å². The first-order valence-corrected chi connectivity index (χ1v) is 18.6. The van der Waals surface area contributed by atoms with E-state index in [1.807, 2.05) is 0 Å². The Morgan fingerprint density at radius 1 is 0.786 bits per heavy atom. The van der Waals surface area contributed by atoms with Crippen LogP contribution in [0.5, 0.6) is 0 Å². The van der Waals surface area contributed by atoms with Gasteiger partial charge in [0.2, 0.25) is 0 Å². The molecule has 2 nitrogen and oxygen atoms in total. The van der Waals surface area contributed by atoms with Crippen molar-refractivity contribution in [3.63, 3.8) is 0 Å². The van der Waals surface area contributed by atoms with Crippen LogP contribution in [0.1, 0.15) is 59.3 Å². The van der Waals surface area contributed by atoms with E-state index in [1.54, 1.807) is 12.3 Å². The third-order valence-corrected chi connectivity index (χ3v) is 20.5. The van der Waals surface area contributed by atoms with E-state index in [0.717, 1.165) is 0 Å². The van der Waals surface area contributed by atoms with Gasteiger partial charge in [0.15, 0.2) is 0 Å². The summed E-state index contributed by atoms with van der Waals surface area (Å²) >= 11 is 0.521. The number of rotatable bonds is 10. The molecular weight excluding hydrogens is 529 g/mol. The summed E-state index contributed by atoms with van der Waals surface area (Å²) in [4.78, 5) is 8.34. The molecule has 2 rings (SSSR count). The van der Waals surface area contributed by atoms with Gasteiger partial charge in [0, 0.05) is 12.3 Å². The van der Waals surface area contributed by atoms with E-state index >= 15 is 0 Å². The molecule has 0 aliphatic heterocycles.